The summed E-state index contributed by atoms with van der Waals surface area (Å²) in [4.78, 5) is 16.3. The van der Waals surface area contributed by atoms with E-state index in [1.165, 1.54) is 23.1 Å². The van der Waals surface area contributed by atoms with Gasteiger partial charge in [-0.1, -0.05) is 29.3 Å². The van der Waals surface area contributed by atoms with Crippen LogP contribution in [0, 0.1) is 23.3 Å². The van der Waals surface area contributed by atoms with Crippen molar-refractivity contribution in [1.29, 1.82) is 0 Å². The van der Waals surface area contributed by atoms with Crippen LogP contribution >= 0.6 is 23.2 Å². The average Bonchev–Trinajstić information content (AvgIpc) is 3.44. The molecule has 0 spiro atoms. The Morgan fingerprint density at radius 2 is 1.76 bits per heavy atom. The first-order valence-corrected chi connectivity index (χ1v) is 10.2. The van der Waals surface area contributed by atoms with E-state index in [-0.39, 0.29) is 23.5 Å². The molecule has 0 aliphatic carbocycles. The molecule has 0 bridgehead atoms. The van der Waals surface area contributed by atoms with Gasteiger partial charge in [-0.15, -0.1) is 5.10 Å². The molecule has 176 valence electrons. The summed E-state index contributed by atoms with van der Waals surface area (Å²) >= 11 is 11.9. The number of furan rings is 1. The molecule has 34 heavy (non-hydrogen) atoms. The number of halogens is 6. The maximum atomic E-state index is 13.7. The second kappa shape index (κ2) is 9.74. The zero-order valence-corrected chi connectivity index (χ0v) is 18.3. The molecule has 2 aromatic carbocycles. The molecule has 1 amide bonds. The number of amides is 1. The molecule has 13 heteroatoms. The minimum Gasteiger partial charge on any atom is -0.479 e. The molecule has 0 saturated heterocycles. The second-order valence-electron chi connectivity index (χ2n) is 6.82. The van der Waals surface area contributed by atoms with Gasteiger partial charge in [0.25, 0.3) is 5.91 Å². The van der Waals surface area contributed by atoms with Crippen molar-refractivity contribution in [2.75, 3.05) is 5.32 Å². The molecule has 2 heterocycles. The van der Waals surface area contributed by atoms with Crippen LogP contribution in [0.2, 0.25) is 10.0 Å². The average molecular weight is 515 g/mol. The summed E-state index contributed by atoms with van der Waals surface area (Å²) in [5.74, 6) is -8.79. The number of ether oxygens (including phenoxy) is 1. The van der Waals surface area contributed by atoms with Gasteiger partial charge in [0.15, 0.2) is 23.1 Å². The van der Waals surface area contributed by atoms with Crippen LogP contribution in [0.5, 0.6) is 5.75 Å². The second-order valence-corrected chi connectivity index (χ2v) is 7.63. The number of hydrogen-bond acceptors (Lipinski definition) is 5. The van der Waals surface area contributed by atoms with E-state index < -0.39 is 41.5 Å². The lowest BCUT2D eigenvalue weighted by molar-refractivity contribution is 0.0991. The van der Waals surface area contributed by atoms with E-state index in [1.807, 2.05) is 0 Å². The Bertz CT molecular complexity index is 1350. The highest BCUT2D eigenvalue weighted by molar-refractivity contribution is 6.42. The van der Waals surface area contributed by atoms with Crippen molar-refractivity contribution in [1.82, 2.24) is 14.8 Å². The number of nitrogens with zero attached hydrogens (tertiary/aromatic N) is 3. The van der Waals surface area contributed by atoms with Gasteiger partial charge in [-0.3, -0.25) is 10.1 Å². The third-order valence-electron chi connectivity index (χ3n) is 4.41. The quantitative estimate of drug-likeness (QED) is 0.256. The van der Waals surface area contributed by atoms with Gasteiger partial charge in [-0.2, -0.15) is 8.78 Å². The third kappa shape index (κ3) is 5.15. The molecule has 0 aliphatic heterocycles. The Labute approximate surface area is 198 Å². The van der Waals surface area contributed by atoms with Crippen LogP contribution in [0.4, 0.5) is 23.5 Å². The Balaban J connectivity index is 1.37. The summed E-state index contributed by atoms with van der Waals surface area (Å²) < 4.78 is 65.4. The molecule has 0 unspecified atom stereocenters. The van der Waals surface area contributed by atoms with Gasteiger partial charge in [0.1, 0.15) is 18.7 Å². The minimum absolute atomic E-state index is 0.0151. The van der Waals surface area contributed by atoms with Gasteiger partial charge in [0.05, 0.1) is 16.6 Å². The van der Waals surface area contributed by atoms with Gasteiger partial charge in [-0.25, -0.2) is 18.4 Å². The summed E-state index contributed by atoms with van der Waals surface area (Å²) in [6, 6.07) is 7.69. The van der Waals surface area contributed by atoms with E-state index in [2.05, 4.69) is 15.4 Å². The number of hydrogen-bond donors (Lipinski definition) is 1. The molecule has 0 saturated carbocycles. The van der Waals surface area contributed by atoms with Crippen LogP contribution < -0.4 is 10.1 Å². The van der Waals surface area contributed by atoms with Crippen molar-refractivity contribution in [2.24, 2.45) is 0 Å². The summed E-state index contributed by atoms with van der Waals surface area (Å²) in [6.45, 7) is -0.281. The number of carbonyl (C=O) groups is 1. The molecule has 1 N–H and O–H groups in total. The molecular weight excluding hydrogens is 503 g/mol. The number of nitrogens with one attached hydrogen (secondary N) is 1. The maximum absolute atomic E-state index is 13.7. The summed E-state index contributed by atoms with van der Waals surface area (Å²) in [6.07, 6.45) is 1.39. The van der Waals surface area contributed by atoms with Gasteiger partial charge in [0.2, 0.25) is 17.6 Å². The topological polar surface area (TPSA) is 82.2 Å². The first-order chi connectivity index (χ1) is 16.2. The fraction of sp³-hybridized carbons (Fsp3) is 0.0952. The summed E-state index contributed by atoms with van der Waals surface area (Å²) in [5.41, 5.74) is 0.805. The molecule has 2 aromatic heterocycles. The lowest BCUT2D eigenvalue weighted by Crippen LogP contribution is -2.12. The van der Waals surface area contributed by atoms with Crippen LogP contribution in [0.1, 0.15) is 21.9 Å². The molecule has 0 atom stereocenters. The van der Waals surface area contributed by atoms with Crippen molar-refractivity contribution in [2.45, 2.75) is 13.2 Å². The van der Waals surface area contributed by atoms with E-state index in [1.54, 1.807) is 18.2 Å². The molecule has 7 nitrogen and oxygen atoms in total. The zero-order valence-electron chi connectivity index (χ0n) is 16.8. The van der Waals surface area contributed by atoms with Crippen LogP contribution in [0.3, 0.4) is 0 Å². The van der Waals surface area contributed by atoms with Gasteiger partial charge in [-0.05, 0) is 29.8 Å². The Morgan fingerprint density at radius 3 is 2.47 bits per heavy atom. The zero-order chi connectivity index (χ0) is 24.4. The van der Waals surface area contributed by atoms with E-state index in [4.69, 9.17) is 32.4 Å². The minimum atomic E-state index is -1.69. The fourth-order valence-electron chi connectivity index (χ4n) is 2.82. The Kier molecular flexibility index (Phi) is 6.75. The molecule has 4 rings (SSSR count). The first kappa shape index (κ1) is 23.6. The molecule has 4 aromatic rings. The van der Waals surface area contributed by atoms with Crippen molar-refractivity contribution in [3.8, 4) is 5.75 Å². The van der Waals surface area contributed by atoms with E-state index in [0.29, 0.717) is 16.6 Å². The fourth-order valence-corrected chi connectivity index (χ4v) is 3.14. The Morgan fingerprint density at radius 1 is 1.03 bits per heavy atom. The molecule has 0 aliphatic rings. The summed E-state index contributed by atoms with van der Waals surface area (Å²) in [7, 11) is 0. The van der Waals surface area contributed by atoms with Crippen LogP contribution in [0.15, 0.2) is 47.1 Å². The SMILES string of the molecule is O=C(Nc1ncn(Cc2ccc(Cl)c(Cl)c2)n1)c1ccc(COc2c(F)c(F)cc(F)c2F)o1. The maximum Gasteiger partial charge on any atom is 0.293 e. The van der Waals surface area contributed by atoms with Crippen LogP contribution in [-0.2, 0) is 13.2 Å². The monoisotopic (exact) mass is 514 g/mol. The number of aromatic nitrogens is 3. The standard InChI is InChI=1S/C21H12Cl2F4N4O3/c22-12-3-1-10(5-13(12)23)7-31-9-28-21(30-31)29-20(32)16-4-2-11(34-16)8-33-19-17(26)14(24)6-15(25)18(19)27/h1-6,9H,7-8H2,(H,29,30,32). The van der Waals surface area contributed by atoms with Gasteiger partial charge < -0.3 is 9.15 Å². The van der Waals surface area contributed by atoms with Gasteiger partial charge in [0, 0.05) is 6.07 Å². The highest BCUT2D eigenvalue weighted by Crippen LogP contribution is 2.27. The van der Waals surface area contributed by atoms with E-state index >= 15 is 0 Å². The Hall–Kier alpha value is -3.57. The van der Waals surface area contributed by atoms with Crippen LogP contribution in [-0.4, -0.2) is 20.7 Å². The lowest BCUT2D eigenvalue weighted by Gasteiger charge is -2.08. The first-order valence-electron chi connectivity index (χ1n) is 9.40. The van der Waals surface area contributed by atoms with Crippen molar-refractivity contribution < 1.29 is 31.5 Å². The predicted molar refractivity (Wildman–Crippen MR) is 113 cm³/mol. The highest BCUT2D eigenvalue weighted by atomic mass is 35.5. The largest absolute Gasteiger partial charge is 0.479 e. The number of anilines is 1. The lowest BCUT2D eigenvalue weighted by atomic mass is 10.2. The number of benzene rings is 2. The third-order valence-corrected chi connectivity index (χ3v) is 5.15. The van der Waals surface area contributed by atoms with Gasteiger partial charge >= 0.3 is 0 Å². The normalized spacial score (nSPS) is 11.0. The predicted octanol–water partition coefficient (Wildman–Crippen LogP) is 5.61. The van der Waals surface area contributed by atoms with E-state index in [9.17, 15) is 22.4 Å². The molecular formula is C21H12Cl2F4N4O3. The van der Waals surface area contributed by atoms with Crippen LogP contribution in [0.25, 0.3) is 0 Å². The number of rotatable bonds is 7. The van der Waals surface area contributed by atoms with Crippen molar-refractivity contribution in [3.05, 3.63) is 93.1 Å². The highest BCUT2D eigenvalue weighted by Gasteiger charge is 2.21. The molecule has 0 radical (unpaired) electrons. The van der Waals surface area contributed by atoms with Crippen molar-refractivity contribution >= 4 is 35.1 Å². The summed E-state index contributed by atoms with van der Waals surface area (Å²) in [5, 5.41) is 7.34. The number of carbonyl (C=O) groups excluding carboxylic acids is 1. The smallest absolute Gasteiger partial charge is 0.293 e. The molecule has 0 fully saturated rings. The van der Waals surface area contributed by atoms with Crippen molar-refractivity contribution in [3.63, 3.8) is 0 Å². The van der Waals surface area contributed by atoms with E-state index in [0.717, 1.165) is 5.56 Å².